The maximum Gasteiger partial charge on any atom is 0.124 e. The van der Waals surface area contributed by atoms with E-state index < -0.39 is 0 Å². The van der Waals surface area contributed by atoms with E-state index in [0.717, 1.165) is 31.7 Å². The molecule has 23 heavy (non-hydrogen) atoms. The van der Waals surface area contributed by atoms with Crippen molar-refractivity contribution in [2.75, 3.05) is 26.7 Å². The third kappa shape index (κ3) is 5.05. The van der Waals surface area contributed by atoms with E-state index in [-0.39, 0.29) is 6.04 Å². The van der Waals surface area contributed by atoms with Gasteiger partial charge in [-0.3, -0.25) is 9.88 Å². The van der Waals surface area contributed by atoms with Gasteiger partial charge in [-0.25, -0.2) is 0 Å². The second-order valence-electron chi connectivity index (χ2n) is 5.72. The molecule has 1 atom stereocenters. The standard InChI is InChI=1S/C19H27N3O/c1-3-14-23-19-7-5-4-6-17(19)18(15-20)22(2)13-10-16-8-11-21-12-9-16/h4-9,11-12,18H,3,10,13-15,20H2,1-2H3. The Morgan fingerprint density at radius 1 is 1.17 bits per heavy atom. The summed E-state index contributed by atoms with van der Waals surface area (Å²) in [5, 5.41) is 0. The fourth-order valence-corrected chi connectivity index (χ4v) is 2.65. The Labute approximate surface area is 139 Å². The lowest BCUT2D eigenvalue weighted by Crippen LogP contribution is -2.32. The molecule has 1 aromatic carbocycles. The maximum absolute atomic E-state index is 6.06. The zero-order valence-electron chi connectivity index (χ0n) is 14.1. The van der Waals surface area contributed by atoms with Crippen LogP contribution in [0.5, 0.6) is 5.75 Å². The molecule has 1 heterocycles. The molecule has 0 aliphatic rings. The number of hydrogen-bond acceptors (Lipinski definition) is 4. The Hall–Kier alpha value is -1.91. The number of rotatable bonds is 9. The van der Waals surface area contributed by atoms with Gasteiger partial charge in [0.2, 0.25) is 0 Å². The van der Waals surface area contributed by atoms with Crippen molar-refractivity contribution in [2.24, 2.45) is 5.73 Å². The molecule has 0 fully saturated rings. The topological polar surface area (TPSA) is 51.4 Å². The Balaban J connectivity index is 2.06. The fraction of sp³-hybridized carbons (Fsp3) is 0.421. The molecule has 0 saturated heterocycles. The molecule has 124 valence electrons. The van der Waals surface area contributed by atoms with Crippen molar-refractivity contribution in [3.05, 3.63) is 59.9 Å². The summed E-state index contributed by atoms with van der Waals surface area (Å²) in [6.45, 7) is 4.35. The van der Waals surface area contributed by atoms with E-state index in [0.29, 0.717) is 6.54 Å². The lowest BCUT2D eigenvalue weighted by atomic mass is 10.0. The summed E-state index contributed by atoms with van der Waals surface area (Å²) in [7, 11) is 2.12. The molecule has 4 nitrogen and oxygen atoms in total. The quantitative estimate of drug-likeness (QED) is 0.773. The minimum atomic E-state index is 0.157. The number of para-hydroxylation sites is 1. The predicted octanol–water partition coefficient (Wildman–Crippen LogP) is 3.04. The highest BCUT2D eigenvalue weighted by Gasteiger charge is 2.19. The summed E-state index contributed by atoms with van der Waals surface area (Å²) in [5.74, 6) is 0.945. The molecule has 0 aliphatic heterocycles. The van der Waals surface area contributed by atoms with Gasteiger partial charge in [-0.05, 0) is 43.7 Å². The lowest BCUT2D eigenvalue weighted by Gasteiger charge is -2.28. The average Bonchev–Trinajstić information content (AvgIpc) is 2.60. The molecule has 2 aromatic rings. The molecule has 2 N–H and O–H groups in total. The van der Waals surface area contributed by atoms with Gasteiger partial charge < -0.3 is 10.5 Å². The van der Waals surface area contributed by atoms with Crippen molar-refractivity contribution in [1.29, 1.82) is 0 Å². The molecule has 2 rings (SSSR count). The van der Waals surface area contributed by atoms with E-state index in [1.165, 1.54) is 11.1 Å². The van der Waals surface area contributed by atoms with E-state index in [9.17, 15) is 0 Å². The van der Waals surface area contributed by atoms with Gasteiger partial charge in [0, 0.05) is 31.0 Å². The Bertz CT molecular complexity index is 574. The van der Waals surface area contributed by atoms with E-state index in [1.807, 2.05) is 30.6 Å². The first kappa shape index (κ1) is 17.4. The van der Waals surface area contributed by atoms with E-state index in [2.05, 4.69) is 42.1 Å². The lowest BCUT2D eigenvalue weighted by molar-refractivity contribution is 0.240. The maximum atomic E-state index is 6.06. The highest BCUT2D eigenvalue weighted by molar-refractivity contribution is 5.36. The van der Waals surface area contributed by atoms with Crippen LogP contribution in [0.25, 0.3) is 0 Å². The molecule has 0 aliphatic carbocycles. The van der Waals surface area contributed by atoms with Crippen LogP contribution < -0.4 is 10.5 Å². The number of nitrogens with zero attached hydrogens (tertiary/aromatic N) is 2. The summed E-state index contributed by atoms with van der Waals surface area (Å²) in [4.78, 5) is 6.36. The zero-order chi connectivity index (χ0) is 16.5. The van der Waals surface area contributed by atoms with Gasteiger partial charge in [-0.15, -0.1) is 0 Å². The number of aromatic nitrogens is 1. The third-order valence-corrected chi connectivity index (χ3v) is 4.00. The van der Waals surface area contributed by atoms with Crippen molar-refractivity contribution in [1.82, 2.24) is 9.88 Å². The van der Waals surface area contributed by atoms with Crippen LogP contribution in [-0.2, 0) is 6.42 Å². The van der Waals surface area contributed by atoms with Crippen LogP contribution in [0.3, 0.4) is 0 Å². The molecule has 1 unspecified atom stereocenters. The molecule has 0 saturated carbocycles. The minimum Gasteiger partial charge on any atom is -0.493 e. The fourth-order valence-electron chi connectivity index (χ4n) is 2.65. The Morgan fingerprint density at radius 3 is 2.61 bits per heavy atom. The van der Waals surface area contributed by atoms with Crippen LogP contribution >= 0.6 is 0 Å². The second-order valence-corrected chi connectivity index (χ2v) is 5.72. The number of ether oxygens (including phenoxy) is 1. The first-order chi connectivity index (χ1) is 11.3. The molecule has 1 aromatic heterocycles. The van der Waals surface area contributed by atoms with Crippen molar-refractivity contribution < 1.29 is 4.74 Å². The number of pyridine rings is 1. The predicted molar refractivity (Wildman–Crippen MR) is 94.6 cm³/mol. The van der Waals surface area contributed by atoms with Gasteiger partial charge in [0.05, 0.1) is 12.6 Å². The normalized spacial score (nSPS) is 12.3. The van der Waals surface area contributed by atoms with Crippen LogP contribution in [0.4, 0.5) is 0 Å². The van der Waals surface area contributed by atoms with Gasteiger partial charge in [0.25, 0.3) is 0 Å². The van der Waals surface area contributed by atoms with E-state index in [1.54, 1.807) is 0 Å². The first-order valence-electron chi connectivity index (χ1n) is 8.27. The molecular formula is C19H27N3O. The smallest absolute Gasteiger partial charge is 0.124 e. The van der Waals surface area contributed by atoms with Crippen LogP contribution in [0.15, 0.2) is 48.8 Å². The molecule has 0 amide bonds. The van der Waals surface area contributed by atoms with Gasteiger partial charge in [0.15, 0.2) is 0 Å². The molecule has 0 spiro atoms. The van der Waals surface area contributed by atoms with Crippen LogP contribution in [0.2, 0.25) is 0 Å². The summed E-state index contributed by atoms with van der Waals surface area (Å²) in [6, 6.07) is 12.5. The SMILES string of the molecule is CCCOc1ccccc1C(CN)N(C)CCc1ccncc1. The zero-order valence-corrected chi connectivity index (χ0v) is 14.1. The van der Waals surface area contributed by atoms with Gasteiger partial charge in [0.1, 0.15) is 5.75 Å². The summed E-state index contributed by atoms with van der Waals surface area (Å²) in [6.07, 6.45) is 5.65. The first-order valence-corrected chi connectivity index (χ1v) is 8.27. The molecular weight excluding hydrogens is 286 g/mol. The van der Waals surface area contributed by atoms with Crippen LogP contribution in [0, 0.1) is 0 Å². The van der Waals surface area contributed by atoms with Gasteiger partial charge in [-0.2, -0.15) is 0 Å². The highest BCUT2D eigenvalue weighted by atomic mass is 16.5. The number of hydrogen-bond donors (Lipinski definition) is 1. The largest absolute Gasteiger partial charge is 0.493 e. The minimum absolute atomic E-state index is 0.157. The highest BCUT2D eigenvalue weighted by Crippen LogP contribution is 2.28. The molecule has 4 heteroatoms. The van der Waals surface area contributed by atoms with Crippen LogP contribution in [0.1, 0.15) is 30.5 Å². The number of nitrogens with two attached hydrogens (primary N) is 1. The summed E-state index contributed by atoms with van der Waals surface area (Å²) in [5.41, 5.74) is 8.52. The number of benzene rings is 1. The van der Waals surface area contributed by atoms with Crippen LogP contribution in [-0.4, -0.2) is 36.6 Å². The average molecular weight is 313 g/mol. The summed E-state index contributed by atoms with van der Waals surface area (Å²) >= 11 is 0. The Kier molecular flexibility index (Phi) is 7.04. The second kappa shape index (κ2) is 9.28. The van der Waals surface area contributed by atoms with E-state index in [4.69, 9.17) is 10.5 Å². The van der Waals surface area contributed by atoms with Crippen molar-refractivity contribution in [3.63, 3.8) is 0 Å². The molecule has 0 bridgehead atoms. The molecule has 0 radical (unpaired) electrons. The van der Waals surface area contributed by atoms with E-state index >= 15 is 0 Å². The van der Waals surface area contributed by atoms with Crippen molar-refractivity contribution in [2.45, 2.75) is 25.8 Å². The van der Waals surface area contributed by atoms with Crippen molar-refractivity contribution in [3.8, 4) is 5.75 Å². The summed E-state index contributed by atoms with van der Waals surface area (Å²) < 4.78 is 5.89. The van der Waals surface area contributed by atoms with Crippen molar-refractivity contribution >= 4 is 0 Å². The number of likely N-dealkylation sites (N-methyl/N-ethyl adjacent to an activating group) is 1. The van der Waals surface area contributed by atoms with Gasteiger partial charge >= 0.3 is 0 Å². The van der Waals surface area contributed by atoms with Gasteiger partial charge in [-0.1, -0.05) is 25.1 Å². The Morgan fingerprint density at radius 2 is 1.91 bits per heavy atom. The third-order valence-electron chi connectivity index (χ3n) is 4.00. The monoisotopic (exact) mass is 313 g/mol.